The summed E-state index contributed by atoms with van der Waals surface area (Å²) in [6.45, 7) is 4.74. The van der Waals surface area contributed by atoms with Gasteiger partial charge in [0.1, 0.15) is 11.2 Å². The number of rotatable bonds is 7. The van der Waals surface area contributed by atoms with E-state index in [4.69, 9.17) is 4.42 Å². The minimum atomic E-state index is -0.569. The second kappa shape index (κ2) is 15.4. The lowest BCUT2D eigenvalue weighted by atomic mass is 9.67. The SMILES string of the molecule is CC1(C)c2ccccc2-c2ccc(N(c3ccc4c(c3)C(c3ccccc3)(c3ccccc3)c3ccccc3-4)c3cc4oc5c6ccccc6c(-c6ccccc6)cc5c4cc3-c3ccccc3)cc21. The van der Waals surface area contributed by atoms with Crippen LogP contribution in [0.1, 0.15) is 47.2 Å². The van der Waals surface area contributed by atoms with Crippen LogP contribution >= 0.6 is 0 Å². The van der Waals surface area contributed by atoms with Gasteiger partial charge in [0, 0.05) is 44.6 Å². The van der Waals surface area contributed by atoms with Gasteiger partial charge >= 0.3 is 0 Å². The Balaban J connectivity index is 1.08. The van der Waals surface area contributed by atoms with Crippen molar-refractivity contribution in [1.29, 1.82) is 0 Å². The van der Waals surface area contributed by atoms with E-state index in [1.165, 1.54) is 72.1 Å². The zero-order chi connectivity index (χ0) is 46.6. The van der Waals surface area contributed by atoms with Gasteiger partial charge in [0.25, 0.3) is 0 Å². The highest BCUT2D eigenvalue weighted by Crippen LogP contribution is 2.58. The van der Waals surface area contributed by atoms with E-state index in [2.05, 4.69) is 267 Å². The first-order valence-electron chi connectivity index (χ1n) is 24.4. The number of nitrogens with zero attached hydrogens (tertiary/aromatic N) is 1. The molecule has 1 heterocycles. The van der Waals surface area contributed by atoms with Crippen LogP contribution in [0.2, 0.25) is 0 Å². The van der Waals surface area contributed by atoms with Gasteiger partial charge in [-0.25, -0.2) is 0 Å². The molecule has 0 fully saturated rings. The zero-order valence-corrected chi connectivity index (χ0v) is 39.0. The molecule has 0 N–H and O–H groups in total. The Morgan fingerprint density at radius 2 is 0.800 bits per heavy atom. The summed E-state index contributed by atoms with van der Waals surface area (Å²) in [4.78, 5) is 2.51. The van der Waals surface area contributed by atoms with Gasteiger partial charge in [-0.1, -0.05) is 220 Å². The Morgan fingerprint density at radius 1 is 0.329 bits per heavy atom. The van der Waals surface area contributed by atoms with Crippen molar-refractivity contribution in [2.75, 3.05) is 4.90 Å². The highest BCUT2D eigenvalue weighted by atomic mass is 16.3. The summed E-state index contributed by atoms with van der Waals surface area (Å²) in [5, 5.41) is 4.46. The Morgan fingerprint density at radius 3 is 1.44 bits per heavy atom. The molecule has 1 aromatic heterocycles. The average molecular weight is 894 g/mol. The number of furan rings is 1. The number of anilines is 3. The standard InChI is InChI=1S/C68H47NO/c1-67(2)60-33-19-17-30-51(60)53-37-35-48(39-62(53)67)69(49-36-38-54-52-31-18-20-34-61(52)68(63(54)40-49,46-25-11-5-12-26-46)47-27-13-6-14-28-47)64-43-65-58(42-57(64)45-23-9-4-10-24-45)59-41-56(44-21-7-3-8-22-44)50-29-15-16-32-55(50)66(59)70-65/h3-43H,1-2H3. The molecular weight excluding hydrogens is 847 g/mol. The molecule has 2 aliphatic rings. The third kappa shape index (κ3) is 5.80. The van der Waals surface area contributed by atoms with Gasteiger partial charge in [0.05, 0.1) is 11.1 Å². The number of hydrogen-bond acceptors (Lipinski definition) is 2. The van der Waals surface area contributed by atoms with Gasteiger partial charge in [0.15, 0.2) is 0 Å². The highest BCUT2D eigenvalue weighted by molar-refractivity contribution is 6.20. The monoisotopic (exact) mass is 893 g/mol. The molecule has 2 nitrogen and oxygen atoms in total. The van der Waals surface area contributed by atoms with Gasteiger partial charge in [-0.15, -0.1) is 0 Å². The normalized spacial score (nSPS) is 13.8. The third-order valence-corrected chi connectivity index (χ3v) is 15.5. The van der Waals surface area contributed by atoms with Crippen LogP contribution in [0.25, 0.3) is 77.2 Å². The average Bonchev–Trinajstić information content (AvgIpc) is 4.02. The maximum atomic E-state index is 7.20. The predicted molar refractivity (Wildman–Crippen MR) is 292 cm³/mol. The summed E-state index contributed by atoms with van der Waals surface area (Å²) >= 11 is 0. The molecule has 330 valence electrons. The third-order valence-electron chi connectivity index (χ3n) is 15.5. The minimum absolute atomic E-state index is 0.203. The highest BCUT2D eigenvalue weighted by Gasteiger charge is 2.46. The Bertz CT molecular complexity index is 3980. The van der Waals surface area contributed by atoms with Crippen molar-refractivity contribution in [3.05, 3.63) is 282 Å². The molecule has 0 saturated heterocycles. The predicted octanol–water partition coefficient (Wildman–Crippen LogP) is 18.2. The van der Waals surface area contributed by atoms with Gasteiger partial charge in [0.2, 0.25) is 0 Å². The van der Waals surface area contributed by atoms with Gasteiger partial charge < -0.3 is 9.32 Å². The van der Waals surface area contributed by atoms with Gasteiger partial charge in [-0.2, -0.15) is 0 Å². The summed E-state index contributed by atoms with van der Waals surface area (Å²) in [5.74, 6) is 0. The molecule has 14 rings (SSSR count). The van der Waals surface area contributed by atoms with Crippen LogP contribution in [0.4, 0.5) is 17.1 Å². The van der Waals surface area contributed by atoms with E-state index in [1.807, 2.05) is 0 Å². The molecule has 11 aromatic carbocycles. The lowest BCUT2D eigenvalue weighted by Gasteiger charge is -2.35. The summed E-state index contributed by atoms with van der Waals surface area (Å²) < 4.78 is 7.20. The summed E-state index contributed by atoms with van der Waals surface area (Å²) in [6.07, 6.45) is 0. The maximum absolute atomic E-state index is 7.20. The summed E-state index contributed by atoms with van der Waals surface area (Å²) in [6, 6.07) is 91.8. The van der Waals surface area contributed by atoms with Gasteiger partial charge in [-0.3, -0.25) is 0 Å². The van der Waals surface area contributed by atoms with Crippen LogP contribution in [0, 0.1) is 0 Å². The lowest BCUT2D eigenvalue weighted by Crippen LogP contribution is -2.28. The first kappa shape index (κ1) is 40.4. The largest absolute Gasteiger partial charge is 0.455 e. The molecule has 0 saturated carbocycles. The first-order valence-corrected chi connectivity index (χ1v) is 24.4. The number of hydrogen-bond donors (Lipinski definition) is 0. The van der Waals surface area contributed by atoms with Gasteiger partial charge in [-0.05, 0) is 114 Å². The van der Waals surface area contributed by atoms with Crippen molar-refractivity contribution in [1.82, 2.24) is 0 Å². The van der Waals surface area contributed by atoms with Crippen molar-refractivity contribution >= 4 is 49.8 Å². The van der Waals surface area contributed by atoms with E-state index >= 15 is 0 Å². The minimum Gasteiger partial charge on any atom is -0.455 e. The van der Waals surface area contributed by atoms with Crippen LogP contribution in [0.3, 0.4) is 0 Å². The molecule has 0 unspecified atom stereocenters. The molecule has 0 bridgehead atoms. The second-order valence-electron chi connectivity index (χ2n) is 19.5. The summed E-state index contributed by atoms with van der Waals surface area (Å²) in [5.41, 5.74) is 21.6. The van der Waals surface area contributed by atoms with E-state index in [0.717, 1.165) is 55.5 Å². The smallest absolute Gasteiger partial charge is 0.143 e. The van der Waals surface area contributed by atoms with Crippen LogP contribution in [-0.4, -0.2) is 0 Å². The number of fused-ring (bicyclic) bond motifs is 11. The Labute approximate surface area is 408 Å². The van der Waals surface area contributed by atoms with Crippen LogP contribution in [0.15, 0.2) is 253 Å². The van der Waals surface area contributed by atoms with Crippen molar-refractivity contribution in [2.24, 2.45) is 0 Å². The molecule has 0 aliphatic heterocycles. The van der Waals surface area contributed by atoms with Crippen LogP contribution < -0.4 is 4.90 Å². The van der Waals surface area contributed by atoms with Crippen molar-refractivity contribution in [3.63, 3.8) is 0 Å². The first-order chi connectivity index (χ1) is 34.5. The molecule has 0 amide bonds. The van der Waals surface area contributed by atoms with E-state index in [1.54, 1.807) is 0 Å². The fraction of sp³-hybridized carbons (Fsp3) is 0.0588. The van der Waals surface area contributed by atoms with Crippen molar-refractivity contribution in [2.45, 2.75) is 24.7 Å². The fourth-order valence-electron chi connectivity index (χ4n) is 12.4. The maximum Gasteiger partial charge on any atom is 0.143 e. The van der Waals surface area contributed by atoms with E-state index < -0.39 is 5.41 Å². The fourth-order valence-corrected chi connectivity index (χ4v) is 12.4. The van der Waals surface area contributed by atoms with Crippen LogP contribution in [0.5, 0.6) is 0 Å². The van der Waals surface area contributed by atoms with E-state index in [9.17, 15) is 0 Å². The molecule has 0 radical (unpaired) electrons. The van der Waals surface area contributed by atoms with E-state index in [0.29, 0.717) is 0 Å². The molecular formula is C68H47NO. The molecule has 2 heteroatoms. The van der Waals surface area contributed by atoms with Crippen molar-refractivity contribution < 1.29 is 4.42 Å². The lowest BCUT2D eigenvalue weighted by molar-refractivity contribution is 0.660. The Kier molecular flexibility index (Phi) is 8.88. The Hall–Kier alpha value is -8.72. The van der Waals surface area contributed by atoms with Crippen molar-refractivity contribution in [3.8, 4) is 44.5 Å². The second-order valence-corrected chi connectivity index (χ2v) is 19.5. The molecule has 2 aliphatic carbocycles. The molecule has 12 aromatic rings. The molecule has 0 spiro atoms. The number of benzene rings is 11. The van der Waals surface area contributed by atoms with E-state index in [-0.39, 0.29) is 5.41 Å². The molecule has 0 atom stereocenters. The molecule has 70 heavy (non-hydrogen) atoms. The quantitative estimate of drug-likeness (QED) is 0.158. The summed E-state index contributed by atoms with van der Waals surface area (Å²) in [7, 11) is 0. The zero-order valence-electron chi connectivity index (χ0n) is 39.0. The topological polar surface area (TPSA) is 16.4 Å². The van der Waals surface area contributed by atoms with Crippen LogP contribution in [-0.2, 0) is 10.8 Å².